The van der Waals surface area contributed by atoms with E-state index in [-0.39, 0.29) is 6.10 Å². The van der Waals surface area contributed by atoms with Gasteiger partial charge in [0.1, 0.15) is 11.2 Å². The normalized spacial score (nSPS) is 11.6. The highest BCUT2D eigenvalue weighted by atomic mass is 16.5. The van der Waals surface area contributed by atoms with Gasteiger partial charge in [-0.15, -0.1) is 0 Å². The van der Waals surface area contributed by atoms with Crippen molar-refractivity contribution in [3.05, 3.63) is 126 Å². The molecule has 0 spiro atoms. The fourth-order valence-electron chi connectivity index (χ4n) is 4.39. The first-order valence-corrected chi connectivity index (χ1v) is 11.1. The molecule has 0 aliphatic rings. The first kappa shape index (κ1) is 20.8. The SMILES string of the molecule is CC(C)Oc1cn(C(c2ccccc2)(c2ccccc2)c2ccccc2)nc1-c1cn[nH]c1. The molecule has 5 nitrogen and oxygen atoms in total. The molecule has 164 valence electrons. The summed E-state index contributed by atoms with van der Waals surface area (Å²) in [6.45, 7) is 4.05. The first-order chi connectivity index (χ1) is 16.2. The Morgan fingerprint density at radius 2 is 1.30 bits per heavy atom. The molecule has 0 aliphatic heterocycles. The van der Waals surface area contributed by atoms with E-state index in [2.05, 4.69) is 83.0 Å². The molecule has 0 bridgehead atoms. The third-order valence-electron chi connectivity index (χ3n) is 5.73. The Morgan fingerprint density at radius 3 is 1.73 bits per heavy atom. The predicted molar refractivity (Wildman–Crippen MR) is 130 cm³/mol. The molecule has 5 rings (SSSR count). The summed E-state index contributed by atoms with van der Waals surface area (Å²) in [5.41, 5.74) is 4.28. The van der Waals surface area contributed by atoms with Gasteiger partial charge in [-0.1, -0.05) is 91.0 Å². The van der Waals surface area contributed by atoms with Crippen LogP contribution in [0.3, 0.4) is 0 Å². The van der Waals surface area contributed by atoms with Crippen LogP contribution in [-0.4, -0.2) is 26.1 Å². The predicted octanol–water partition coefficient (Wildman–Crippen LogP) is 5.90. The van der Waals surface area contributed by atoms with Gasteiger partial charge < -0.3 is 4.74 Å². The van der Waals surface area contributed by atoms with E-state index in [0.29, 0.717) is 0 Å². The number of nitrogens with one attached hydrogen (secondary N) is 1. The molecule has 0 atom stereocenters. The summed E-state index contributed by atoms with van der Waals surface area (Å²) in [6, 6.07) is 31.5. The van der Waals surface area contributed by atoms with Crippen LogP contribution in [-0.2, 0) is 5.54 Å². The van der Waals surface area contributed by atoms with Gasteiger partial charge in [0.15, 0.2) is 5.75 Å². The molecular weight excluding hydrogens is 408 g/mol. The first-order valence-electron chi connectivity index (χ1n) is 11.1. The molecule has 5 heteroatoms. The molecule has 2 heterocycles. The minimum Gasteiger partial charge on any atom is -0.487 e. The van der Waals surface area contributed by atoms with Crippen molar-refractivity contribution < 1.29 is 4.74 Å². The second-order valence-electron chi connectivity index (χ2n) is 8.25. The molecule has 1 N–H and O–H groups in total. The molecule has 0 radical (unpaired) electrons. The lowest BCUT2D eigenvalue weighted by Gasteiger charge is -2.36. The Labute approximate surface area is 193 Å². The highest BCUT2D eigenvalue weighted by Crippen LogP contribution is 2.42. The third kappa shape index (κ3) is 3.72. The monoisotopic (exact) mass is 434 g/mol. The van der Waals surface area contributed by atoms with Crippen LogP contribution in [0.4, 0.5) is 0 Å². The average molecular weight is 435 g/mol. The second-order valence-corrected chi connectivity index (χ2v) is 8.25. The number of hydrogen-bond donors (Lipinski definition) is 1. The van der Waals surface area contributed by atoms with Gasteiger partial charge in [0.2, 0.25) is 0 Å². The van der Waals surface area contributed by atoms with Crippen molar-refractivity contribution in [1.82, 2.24) is 20.0 Å². The van der Waals surface area contributed by atoms with E-state index in [4.69, 9.17) is 9.84 Å². The molecule has 0 aliphatic carbocycles. The maximum atomic E-state index is 6.23. The summed E-state index contributed by atoms with van der Waals surface area (Å²) in [6.07, 6.45) is 5.63. The summed E-state index contributed by atoms with van der Waals surface area (Å²) in [4.78, 5) is 0. The topological polar surface area (TPSA) is 55.7 Å². The molecule has 3 aromatic carbocycles. The lowest BCUT2D eigenvalue weighted by molar-refractivity contribution is 0.242. The molecular formula is C28H26N4O. The van der Waals surface area contributed by atoms with Crippen LogP contribution in [0.1, 0.15) is 30.5 Å². The van der Waals surface area contributed by atoms with Crippen LogP contribution in [0.2, 0.25) is 0 Å². The maximum Gasteiger partial charge on any atom is 0.165 e. The highest BCUT2D eigenvalue weighted by molar-refractivity contribution is 5.65. The van der Waals surface area contributed by atoms with E-state index < -0.39 is 5.54 Å². The van der Waals surface area contributed by atoms with E-state index in [1.54, 1.807) is 6.20 Å². The fraction of sp³-hybridized carbons (Fsp3) is 0.143. The van der Waals surface area contributed by atoms with Crippen molar-refractivity contribution in [2.45, 2.75) is 25.5 Å². The molecule has 0 unspecified atom stereocenters. The van der Waals surface area contributed by atoms with E-state index in [1.165, 1.54) is 0 Å². The summed E-state index contributed by atoms with van der Waals surface area (Å²) >= 11 is 0. The van der Waals surface area contributed by atoms with Crippen molar-refractivity contribution in [3.8, 4) is 17.0 Å². The summed E-state index contributed by atoms with van der Waals surface area (Å²) in [5.74, 6) is 0.721. The van der Waals surface area contributed by atoms with Crippen molar-refractivity contribution in [2.24, 2.45) is 0 Å². The summed E-state index contributed by atoms with van der Waals surface area (Å²) < 4.78 is 8.26. The van der Waals surface area contributed by atoms with Gasteiger partial charge in [-0.3, -0.25) is 5.10 Å². The quantitative estimate of drug-likeness (QED) is 0.325. The van der Waals surface area contributed by atoms with Crippen LogP contribution in [0.5, 0.6) is 5.75 Å². The number of aromatic amines is 1. The Morgan fingerprint density at radius 1 is 0.788 bits per heavy atom. The van der Waals surface area contributed by atoms with Crippen LogP contribution >= 0.6 is 0 Å². The number of nitrogens with zero attached hydrogens (tertiary/aromatic N) is 3. The van der Waals surface area contributed by atoms with Gasteiger partial charge in [0, 0.05) is 11.8 Å². The van der Waals surface area contributed by atoms with Crippen molar-refractivity contribution >= 4 is 0 Å². The molecule has 33 heavy (non-hydrogen) atoms. The van der Waals surface area contributed by atoms with Crippen LogP contribution in [0.15, 0.2) is 110 Å². The number of ether oxygens (including phenoxy) is 1. The Balaban J connectivity index is 1.86. The fourth-order valence-corrected chi connectivity index (χ4v) is 4.39. The van der Waals surface area contributed by atoms with Gasteiger partial charge >= 0.3 is 0 Å². The molecule has 0 saturated heterocycles. The van der Waals surface area contributed by atoms with Gasteiger partial charge in [0.25, 0.3) is 0 Å². The molecule has 2 aromatic heterocycles. The van der Waals surface area contributed by atoms with E-state index >= 15 is 0 Å². The zero-order valence-corrected chi connectivity index (χ0v) is 18.7. The zero-order valence-electron chi connectivity index (χ0n) is 18.7. The summed E-state index contributed by atoms with van der Waals surface area (Å²) in [5, 5.41) is 12.2. The smallest absolute Gasteiger partial charge is 0.165 e. The van der Waals surface area contributed by atoms with E-state index in [9.17, 15) is 0 Å². The molecule has 5 aromatic rings. The van der Waals surface area contributed by atoms with Gasteiger partial charge in [0.05, 0.1) is 18.5 Å². The number of benzene rings is 3. The number of H-pyrrole nitrogens is 1. The van der Waals surface area contributed by atoms with Crippen LogP contribution < -0.4 is 4.74 Å². The second kappa shape index (κ2) is 8.79. The van der Waals surface area contributed by atoms with Crippen LogP contribution in [0, 0.1) is 0 Å². The Bertz CT molecular complexity index is 1200. The Kier molecular flexibility index (Phi) is 5.53. The minimum absolute atomic E-state index is 0.00729. The Hall–Kier alpha value is -4.12. The van der Waals surface area contributed by atoms with Crippen LogP contribution in [0.25, 0.3) is 11.3 Å². The van der Waals surface area contributed by atoms with Gasteiger partial charge in [-0.25, -0.2) is 4.68 Å². The van der Waals surface area contributed by atoms with E-state index in [1.807, 2.05) is 49.1 Å². The maximum absolute atomic E-state index is 6.23. The van der Waals surface area contributed by atoms with Crippen molar-refractivity contribution in [2.75, 3.05) is 0 Å². The molecule has 0 fully saturated rings. The third-order valence-corrected chi connectivity index (χ3v) is 5.73. The average Bonchev–Trinajstić information content (AvgIpc) is 3.52. The van der Waals surface area contributed by atoms with Crippen molar-refractivity contribution in [3.63, 3.8) is 0 Å². The number of rotatable bonds is 7. The standard InChI is InChI=1S/C28H26N4O/c1-21(2)33-26-20-32(31-27(26)22-18-29-30-19-22)28(23-12-6-3-7-13-23,24-14-8-4-9-15-24)25-16-10-5-11-17-25/h3-21H,1-2H3,(H,29,30). The zero-order chi connectivity index (χ0) is 22.7. The van der Waals surface area contributed by atoms with Gasteiger partial charge in [-0.2, -0.15) is 10.2 Å². The van der Waals surface area contributed by atoms with E-state index in [0.717, 1.165) is 33.7 Å². The van der Waals surface area contributed by atoms with Gasteiger partial charge in [-0.05, 0) is 30.5 Å². The van der Waals surface area contributed by atoms with Crippen molar-refractivity contribution in [1.29, 1.82) is 0 Å². The molecule has 0 saturated carbocycles. The molecule has 0 amide bonds. The largest absolute Gasteiger partial charge is 0.487 e. The highest BCUT2D eigenvalue weighted by Gasteiger charge is 2.40. The number of hydrogen-bond acceptors (Lipinski definition) is 3. The lowest BCUT2D eigenvalue weighted by atomic mass is 9.77. The number of aromatic nitrogens is 4. The minimum atomic E-state index is -0.694. The lowest BCUT2D eigenvalue weighted by Crippen LogP contribution is -2.38. The summed E-state index contributed by atoms with van der Waals surface area (Å²) in [7, 11) is 0.